The molecule has 1 atom stereocenters. The average Bonchev–Trinajstić information content (AvgIpc) is 2.34. The van der Waals surface area contributed by atoms with Gasteiger partial charge < -0.3 is 10.6 Å². The molecule has 0 spiro atoms. The lowest BCUT2D eigenvalue weighted by molar-refractivity contribution is 0.566. The lowest BCUT2D eigenvalue weighted by Gasteiger charge is -2.27. The van der Waals surface area contributed by atoms with Gasteiger partial charge in [0.15, 0.2) is 0 Å². The number of H-pyrrole nitrogens is 1. The normalized spacial score (nSPS) is 17.8. The number of piperidine rings is 1. The van der Waals surface area contributed by atoms with Crippen LogP contribution in [0.5, 0.6) is 0 Å². The second kappa shape index (κ2) is 5.52. The maximum Gasteiger partial charge on any atom is 0.255 e. The largest absolute Gasteiger partial charge is 0.342 e. The zero-order valence-corrected chi connectivity index (χ0v) is 11.2. The number of aryl methyl sites for hydroxylation is 1. The quantitative estimate of drug-likeness (QED) is 0.838. The van der Waals surface area contributed by atoms with Crippen LogP contribution in [0.2, 0.25) is 0 Å². The minimum Gasteiger partial charge on any atom is -0.342 e. The van der Waals surface area contributed by atoms with Crippen molar-refractivity contribution in [2.75, 3.05) is 18.0 Å². The second-order valence-electron chi connectivity index (χ2n) is 5.18. The molecule has 0 aliphatic carbocycles. The fraction of sp³-hybridized carbons (Fsp3) is 0.692. The van der Waals surface area contributed by atoms with Crippen LogP contribution < -0.4 is 16.2 Å². The summed E-state index contributed by atoms with van der Waals surface area (Å²) in [4.78, 5) is 21.6. The third kappa shape index (κ3) is 2.90. The molecule has 18 heavy (non-hydrogen) atoms. The predicted octanol–water partition coefficient (Wildman–Crippen LogP) is 0.958. The molecule has 5 heteroatoms. The number of nitrogens with zero attached hydrogens (tertiary/aromatic N) is 2. The second-order valence-corrected chi connectivity index (χ2v) is 5.18. The maximum atomic E-state index is 12.1. The Morgan fingerprint density at radius 2 is 2.06 bits per heavy atom. The van der Waals surface area contributed by atoms with Crippen LogP contribution in [0, 0.1) is 6.92 Å². The number of anilines is 1. The predicted molar refractivity (Wildman–Crippen MR) is 73.0 cm³/mol. The zero-order valence-electron chi connectivity index (χ0n) is 11.2. The van der Waals surface area contributed by atoms with Crippen molar-refractivity contribution in [3.05, 3.63) is 21.6 Å². The molecule has 1 unspecified atom stereocenters. The summed E-state index contributed by atoms with van der Waals surface area (Å²) in [6.07, 6.45) is 4.19. The van der Waals surface area contributed by atoms with Gasteiger partial charge in [-0.1, -0.05) is 0 Å². The van der Waals surface area contributed by atoms with Crippen molar-refractivity contribution in [3.63, 3.8) is 0 Å². The van der Waals surface area contributed by atoms with Gasteiger partial charge in [-0.15, -0.1) is 0 Å². The van der Waals surface area contributed by atoms with Crippen LogP contribution in [-0.4, -0.2) is 29.1 Å². The first-order chi connectivity index (χ1) is 8.58. The molecule has 0 radical (unpaired) electrons. The van der Waals surface area contributed by atoms with Crippen molar-refractivity contribution < 1.29 is 0 Å². The van der Waals surface area contributed by atoms with E-state index in [-0.39, 0.29) is 11.6 Å². The molecule has 0 saturated carbocycles. The topological polar surface area (TPSA) is 75.0 Å². The summed E-state index contributed by atoms with van der Waals surface area (Å²) in [5.41, 5.74) is 7.23. The molecular weight excluding hydrogens is 228 g/mol. The van der Waals surface area contributed by atoms with Gasteiger partial charge in [0.2, 0.25) is 5.95 Å². The molecule has 2 heterocycles. The van der Waals surface area contributed by atoms with E-state index in [0.29, 0.717) is 17.9 Å². The Balaban J connectivity index is 2.27. The smallest absolute Gasteiger partial charge is 0.255 e. The fourth-order valence-corrected chi connectivity index (χ4v) is 2.41. The Morgan fingerprint density at radius 3 is 2.61 bits per heavy atom. The number of nitrogens with one attached hydrogen (secondary N) is 1. The van der Waals surface area contributed by atoms with Crippen LogP contribution >= 0.6 is 0 Å². The lowest BCUT2D eigenvalue weighted by atomic mass is 10.1. The van der Waals surface area contributed by atoms with Crippen LogP contribution in [0.4, 0.5) is 5.95 Å². The Hall–Kier alpha value is -1.36. The average molecular weight is 250 g/mol. The van der Waals surface area contributed by atoms with Gasteiger partial charge in [-0.25, -0.2) is 4.98 Å². The van der Waals surface area contributed by atoms with E-state index < -0.39 is 0 Å². The highest BCUT2D eigenvalue weighted by Gasteiger charge is 2.16. The van der Waals surface area contributed by atoms with E-state index in [1.54, 1.807) is 0 Å². The molecule has 5 nitrogen and oxygen atoms in total. The molecule has 3 N–H and O–H groups in total. The van der Waals surface area contributed by atoms with Crippen LogP contribution in [0.25, 0.3) is 0 Å². The SMILES string of the molecule is Cc1nc(N2CCCCC2)[nH]c(=O)c1CC(C)N. The number of hydrogen-bond acceptors (Lipinski definition) is 4. The molecule has 0 amide bonds. The Bertz CT molecular complexity index is 461. The Labute approximate surface area is 107 Å². The van der Waals surface area contributed by atoms with E-state index >= 15 is 0 Å². The molecular formula is C13H22N4O. The van der Waals surface area contributed by atoms with Crippen LogP contribution in [0.3, 0.4) is 0 Å². The van der Waals surface area contributed by atoms with Crippen molar-refractivity contribution in [2.24, 2.45) is 5.73 Å². The highest BCUT2D eigenvalue weighted by Crippen LogP contribution is 2.15. The summed E-state index contributed by atoms with van der Waals surface area (Å²) < 4.78 is 0. The first kappa shape index (κ1) is 13.1. The lowest BCUT2D eigenvalue weighted by Crippen LogP contribution is -2.34. The van der Waals surface area contributed by atoms with Crippen molar-refractivity contribution in [1.82, 2.24) is 9.97 Å². The zero-order chi connectivity index (χ0) is 13.1. The molecule has 1 aromatic rings. The summed E-state index contributed by atoms with van der Waals surface area (Å²) in [5.74, 6) is 0.714. The molecule has 2 rings (SSSR count). The highest BCUT2D eigenvalue weighted by atomic mass is 16.1. The van der Waals surface area contributed by atoms with Crippen LogP contribution in [0.1, 0.15) is 37.4 Å². The van der Waals surface area contributed by atoms with Crippen molar-refractivity contribution in [3.8, 4) is 0 Å². The van der Waals surface area contributed by atoms with Crippen LogP contribution in [-0.2, 0) is 6.42 Å². The summed E-state index contributed by atoms with van der Waals surface area (Å²) in [7, 11) is 0. The highest BCUT2D eigenvalue weighted by molar-refractivity contribution is 5.33. The van der Waals surface area contributed by atoms with Crippen molar-refractivity contribution in [2.45, 2.75) is 45.6 Å². The number of nitrogens with two attached hydrogens (primary N) is 1. The fourth-order valence-electron chi connectivity index (χ4n) is 2.41. The van der Waals surface area contributed by atoms with E-state index in [0.717, 1.165) is 18.8 Å². The molecule has 0 aromatic carbocycles. The van der Waals surface area contributed by atoms with Gasteiger partial charge in [0.05, 0.1) is 0 Å². The molecule has 1 fully saturated rings. The number of aromatic amines is 1. The van der Waals surface area contributed by atoms with Gasteiger partial charge >= 0.3 is 0 Å². The minimum atomic E-state index is -0.0413. The number of rotatable bonds is 3. The molecule has 0 bridgehead atoms. The van der Waals surface area contributed by atoms with Crippen molar-refractivity contribution in [1.29, 1.82) is 0 Å². The third-order valence-electron chi connectivity index (χ3n) is 3.39. The van der Waals surface area contributed by atoms with E-state index in [9.17, 15) is 4.79 Å². The first-order valence-electron chi connectivity index (χ1n) is 6.68. The third-order valence-corrected chi connectivity index (χ3v) is 3.39. The van der Waals surface area contributed by atoms with Gasteiger partial charge in [-0.2, -0.15) is 0 Å². The number of hydrogen-bond donors (Lipinski definition) is 2. The van der Waals surface area contributed by atoms with Gasteiger partial charge in [-0.3, -0.25) is 9.78 Å². The molecule has 1 saturated heterocycles. The summed E-state index contributed by atoms with van der Waals surface area (Å²) in [6, 6.07) is -0.0209. The summed E-state index contributed by atoms with van der Waals surface area (Å²) in [6.45, 7) is 5.75. The summed E-state index contributed by atoms with van der Waals surface area (Å²) in [5, 5.41) is 0. The van der Waals surface area contributed by atoms with Gasteiger partial charge in [0.1, 0.15) is 0 Å². The molecule has 1 aromatic heterocycles. The summed E-state index contributed by atoms with van der Waals surface area (Å²) >= 11 is 0. The van der Waals surface area contributed by atoms with Gasteiger partial charge in [-0.05, 0) is 39.5 Å². The van der Waals surface area contributed by atoms with E-state index in [1.807, 2.05) is 13.8 Å². The monoisotopic (exact) mass is 250 g/mol. The van der Waals surface area contributed by atoms with Crippen molar-refractivity contribution >= 4 is 5.95 Å². The maximum absolute atomic E-state index is 12.1. The van der Waals surface area contributed by atoms with E-state index in [1.165, 1.54) is 19.3 Å². The molecule has 1 aliphatic rings. The first-order valence-corrected chi connectivity index (χ1v) is 6.68. The molecule has 100 valence electrons. The van der Waals surface area contributed by atoms with E-state index in [2.05, 4.69) is 14.9 Å². The van der Waals surface area contributed by atoms with E-state index in [4.69, 9.17) is 5.73 Å². The standard InChI is InChI=1S/C13H22N4O/c1-9(14)8-11-10(2)15-13(16-12(11)18)17-6-4-3-5-7-17/h9H,3-8,14H2,1-2H3,(H,15,16,18). The van der Waals surface area contributed by atoms with Gasteiger partial charge in [0.25, 0.3) is 5.56 Å². The number of aromatic nitrogens is 2. The minimum absolute atomic E-state index is 0.0209. The Kier molecular flexibility index (Phi) is 4.01. The molecule has 1 aliphatic heterocycles. The van der Waals surface area contributed by atoms with Gasteiger partial charge in [0, 0.05) is 30.4 Å². The Morgan fingerprint density at radius 1 is 1.39 bits per heavy atom. The van der Waals surface area contributed by atoms with Crippen LogP contribution in [0.15, 0.2) is 4.79 Å².